The van der Waals surface area contributed by atoms with Crippen molar-refractivity contribution >= 4 is 5.91 Å². The molecule has 0 radical (unpaired) electrons. The van der Waals surface area contributed by atoms with Crippen molar-refractivity contribution in [2.24, 2.45) is 11.7 Å². The van der Waals surface area contributed by atoms with E-state index in [2.05, 4.69) is 5.32 Å². The third kappa shape index (κ3) is 3.72. The number of carbonyl (C=O) groups is 1. The lowest BCUT2D eigenvalue weighted by Crippen LogP contribution is -2.27. The zero-order chi connectivity index (χ0) is 8.97. The average Bonchev–Trinajstić information content (AvgIpc) is 2.79. The molecule has 0 aliphatic heterocycles. The minimum atomic E-state index is 0.236. The summed E-state index contributed by atoms with van der Waals surface area (Å²) < 4.78 is 0. The van der Waals surface area contributed by atoms with Gasteiger partial charge in [0.05, 0.1) is 0 Å². The second-order valence-electron chi connectivity index (χ2n) is 3.68. The van der Waals surface area contributed by atoms with Gasteiger partial charge in [-0.05, 0) is 32.6 Å². The molecular weight excluding hydrogens is 152 g/mol. The van der Waals surface area contributed by atoms with E-state index in [9.17, 15) is 4.79 Å². The highest BCUT2D eigenvalue weighted by atomic mass is 16.2. The maximum atomic E-state index is 11.1. The molecular formula is C9H18N2O. The fourth-order valence-corrected chi connectivity index (χ4v) is 1.13. The smallest absolute Gasteiger partial charge is 0.223 e. The Morgan fingerprint density at radius 3 is 2.83 bits per heavy atom. The summed E-state index contributed by atoms with van der Waals surface area (Å²) in [6.45, 7) is 2.78. The van der Waals surface area contributed by atoms with Crippen LogP contribution in [0.25, 0.3) is 0 Å². The van der Waals surface area contributed by atoms with E-state index in [1.54, 1.807) is 0 Å². The van der Waals surface area contributed by atoms with Crippen molar-refractivity contribution in [1.82, 2.24) is 5.32 Å². The third-order valence-electron chi connectivity index (χ3n) is 2.08. The lowest BCUT2D eigenvalue weighted by molar-refractivity contribution is -0.122. The van der Waals surface area contributed by atoms with Gasteiger partial charge in [-0.3, -0.25) is 4.79 Å². The molecule has 1 unspecified atom stereocenters. The highest BCUT2D eigenvalue weighted by Crippen LogP contribution is 2.28. The van der Waals surface area contributed by atoms with Gasteiger partial charge in [-0.25, -0.2) is 0 Å². The van der Waals surface area contributed by atoms with Gasteiger partial charge in [-0.1, -0.05) is 0 Å². The van der Waals surface area contributed by atoms with Gasteiger partial charge in [0.1, 0.15) is 0 Å². The molecule has 3 heteroatoms. The first kappa shape index (κ1) is 9.52. The van der Waals surface area contributed by atoms with E-state index in [0.717, 1.165) is 32.2 Å². The Morgan fingerprint density at radius 2 is 2.33 bits per heavy atom. The maximum Gasteiger partial charge on any atom is 0.223 e. The normalized spacial score (nSPS) is 18.8. The standard InChI is InChI=1S/C9H18N2O/c1-7(10)3-2-6-11-9(12)8-4-5-8/h7-8H,2-6,10H2,1H3,(H,11,12). The number of amides is 1. The highest BCUT2D eigenvalue weighted by molar-refractivity contribution is 5.80. The van der Waals surface area contributed by atoms with E-state index in [4.69, 9.17) is 5.73 Å². The van der Waals surface area contributed by atoms with Gasteiger partial charge >= 0.3 is 0 Å². The number of hydrogen-bond acceptors (Lipinski definition) is 2. The van der Waals surface area contributed by atoms with Crippen LogP contribution in [0.15, 0.2) is 0 Å². The van der Waals surface area contributed by atoms with Crippen LogP contribution in [0, 0.1) is 5.92 Å². The number of nitrogens with one attached hydrogen (secondary N) is 1. The van der Waals surface area contributed by atoms with Gasteiger partial charge in [-0.15, -0.1) is 0 Å². The van der Waals surface area contributed by atoms with Gasteiger partial charge in [0.2, 0.25) is 5.91 Å². The van der Waals surface area contributed by atoms with Crippen LogP contribution >= 0.6 is 0 Å². The van der Waals surface area contributed by atoms with Crippen molar-refractivity contribution in [3.8, 4) is 0 Å². The second-order valence-corrected chi connectivity index (χ2v) is 3.68. The first-order chi connectivity index (χ1) is 5.70. The van der Waals surface area contributed by atoms with Crippen LogP contribution < -0.4 is 11.1 Å². The third-order valence-corrected chi connectivity index (χ3v) is 2.08. The Kier molecular flexibility index (Phi) is 3.53. The van der Waals surface area contributed by atoms with Crippen LogP contribution in [-0.4, -0.2) is 18.5 Å². The van der Waals surface area contributed by atoms with Crippen molar-refractivity contribution in [1.29, 1.82) is 0 Å². The van der Waals surface area contributed by atoms with E-state index < -0.39 is 0 Å². The molecule has 1 aliphatic rings. The van der Waals surface area contributed by atoms with Crippen LogP contribution in [0.2, 0.25) is 0 Å². The topological polar surface area (TPSA) is 55.1 Å². The summed E-state index contributed by atoms with van der Waals surface area (Å²) in [5.74, 6) is 0.569. The Bertz CT molecular complexity index is 153. The lowest BCUT2D eigenvalue weighted by atomic mass is 10.2. The minimum Gasteiger partial charge on any atom is -0.356 e. The molecule has 0 bridgehead atoms. The molecule has 12 heavy (non-hydrogen) atoms. The molecule has 0 aromatic carbocycles. The summed E-state index contributed by atoms with van der Waals surface area (Å²) in [5.41, 5.74) is 5.57. The largest absolute Gasteiger partial charge is 0.356 e. The Labute approximate surface area is 73.7 Å². The summed E-state index contributed by atoms with van der Waals surface area (Å²) in [7, 11) is 0. The SMILES string of the molecule is CC(N)CCCNC(=O)C1CC1. The predicted octanol–water partition coefficient (Wildman–Crippen LogP) is 0.640. The van der Waals surface area contributed by atoms with E-state index in [0.29, 0.717) is 5.92 Å². The molecule has 3 N–H and O–H groups in total. The molecule has 1 aliphatic carbocycles. The number of nitrogens with two attached hydrogens (primary N) is 1. The van der Waals surface area contributed by atoms with E-state index in [-0.39, 0.29) is 11.9 Å². The first-order valence-electron chi connectivity index (χ1n) is 4.73. The number of hydrogen-bond donors (Lipinski definition) is 2. The second kappa shape index (κ2) is 4.45. The fourth-order valence-electron chi connectivity index (χ4n) is 1.13. The lowest BCUT2D eigenvalue weighted by Gasteiger charge is -2.05. The van der Waals surface area contributed by atoms with Crippen LogP contribution in [0.3, 0.4) is 0 Å². The van der Waals surface area contributed by atoms with Crippen LogP contribution in [0.5, 0.6) is 0 Å². The monoisotopic (exact) mass is 170 g/mol. The van der Waals surface area contributed by atoms with Gasteiger partial charge in [0, 0.05) is 18.5 Å². The molecule has 0 saturated heterocycles. The molecule has 1 amide bonds. The fraction of sp³-hybridized carbons (Fsp3) is 0.889. The molecule has 1 rings (SSSR count). The average molecular weight is 170 g/mol. The summed E-state index contributed by atoms with van der Waals surface area (Å²) in [4.78, 5) is 11.1. The molecule has 1 saturated carbocycles. The van der Waals surface area contributed by atoms with Gasteiger partial charge < -0.3 is 11.1 Å². The Balaban J connectivity index is 1.91. The quantitative estimate of drug-likeness (QED) is 0.595. The molecule has 3 nitrogen and oxygen atoms in total. The highest BCUT2D eigenvalue weighted by Gasteiger charge is 2.28. The van der Waals surface area contributed by atoms with Gasteiger partial charge in [-0.2, -0.15) is 0 Å². The van der Waals surface area contributed by atoms with Crippen molar-refractivity contribution in [2.45, 2.75) is 38.6 Å². The van der Waals surface area contributed by atoms with E-state index >= 15 is 0 Å². The summed E-state index contributed by atoms with van der Waals surface area (Å²) >= 11 is 0. The molecule has 0 heterocycles. The summed E-state index contributed by atoms with van der Waals surface area (Å²) in [6, 6.07) is 0.253. The minimum absolute atomic E-state index is 0.236. The van der Waals surface area contributed by atoms with Crippen molar-refractivity contribution < 1.29 is 4.79 Å². The van der Waals surface area contributed by atoms with Crippen molar-refractivity contribution in [3.63, 3.8) is 0 Å². The number of rotatable bonds is 5. The van der Waals surface area contributed by atoms with Crippen molar-refractivity contribution in [2.75, 3.05) is 6.54 Å². The zero-order valence-corrected chi connectivity index (χ0v) is 7.68. The van der Waals surface area contributed by atoms with Gasteiger partial charge in [0.25, 0.3) is 0 Å². The van der Waals surface area contributed by atoms with Crippen LogP contribution in [-0.2, 0) is 4.79 Å². The molecule has 1 atom stereocenters. The van der Waals surface area contributed by atoms with Crippen LogP contribution in [0.1, 0.15) is 32.6 Å². The first-order valence-corrected chi connectivity index (χ1v) is 4.73. The molecule has 0 spiro atoms. The van der Waals surface area contributed by atoms with E-state index in [1.807, 2.05) is 6.92 Å². The molecule has 0 aromatic rings. The summed E-state index contributed by atoms with van der Waals surface area (Å²) in [5, 5.41) is 2.91. The van der Waals surface area contributed by atoms with Crippen molar-refractivity contribution in [3.05, 3.63) is 0 Å². The Morgan fingerprint density at radius 1 is 1.67 bits per heavy atom. The predicted molar refractivity (Wildman–Crippen MR) is 48.6 cm³/mol. The zero-order valence-electron chi connectivity index (χ0n) is 7.68. The maximum absolute atomic E-state index is 11.1. The number of carbonyl (C=O) groups excluding carboxylic acids is 1. The van der Waals surface area contributed by atoms with Crippen LogP contribution in [0.4, 0.5) is 0 Å². The molecule has 70 valence electrons. The molecule has 1 fully saturated rings. The summed E-state index contributed by atoms with van der Waals surface area (Å²) in [6.07, 6.45) is 4.15. The van der Waals surface area contributed by atoms with Gasteiger partial charge in [0.15, 0.2) is 0 Å². The van der Waals surface area contributed by atoms with E-state index in [1.165, 1.54) is 0 Å². The Hall–Kier alpha value is -0.570. The molecule has 0 aromatic heterocycles.